The lowest BCUT2D eigenvalue weighted by molar-refractivity contribution is 0.842. The van der Waals surface area contributed by atoms with E-state index in [-0.39, 0.29) is 23.0 Å². The van der Waals surface area contributed by atoms with Crippen LogP contribution in [0, 0.1) is 0 Å². The molecule has 0 aromatic carbocycles. The summed E-state index contributed by atoms with van der Waals surface area (Å²) in [5.41, 5.74) is 5.16. The summed E-state index contributed by atoms with van der Waals surface area (Å²) in [6.45, 7) is 1.87. The van der Waals surface area contributed by atoms with Crippen LogP contribution >= 0.6 is 28.6 Å². The van der Waals surface area contributed by atoms with E-state index in [0.717, 1.165) is 0 Å². The van der Waals surface area contributed by atoms with Crippen LogP contribution in [0.2, 0.25) is 0 Å². The minimum atomic E-state index is 0. The standard InChI is InChI=1S/C3H8ClN.BrH/c1-3(5)2-4;/h3H,2,5H2,1H3;1H. The van der Waals surface area contributed by atoms with Gasteiger partial charge in [0.15, 0.2) is 0 Å². The normalized spacial score (nSPS) is 12.5. The fraction of sp³-hybridized carbons (Fsp3) is 1.00. The molecule has 2 N–H and O–H groups in total. The van der Waals surface area contributed by atoms with Gasteiger partial charge in [-0.2, -0.15) is 0 Å². The molecule has 3 heteroatoms. The first-order valence-corrected chi connectivity index (χ1v) is 2.12. The first-order valence-electron chi connectivity index (χ1n) is 1.59. The van der Waals surface area contributed by atoms with Crippen LogP contribution in [0.3, 0.4) is 0 Å². The van der Waals surface area contributed by atoms with Crippen LogP contribution in [0.4, 0.5) is 0 Å². The highest BCUT2D eigenvalue weighted by Gasteiger charge is 1.81. The average Bonchev–Trinajstić information content (AvgIpc) is 1.38. The van der Waals surface area contributed by atoms with Crippen LogP contribution in [0.1, 0.15) is 6.92 Å². The summed E-state index contributed by atoms with van der Waals surface area (Å²) in [6.07, 6.45) is 0. The van der Waals surface area contributed by atoms with Crippen molar-refractivity contribution in [3.63, 3.8) is 0 Å². The lowest BCUT2D eigenvalue weighted by atomic mass is 10.4. The van der Waals surface area contributed by atoms with Gasteiger partial charge in [-0.05, 0) is 6.92 Å². The Kier molecular flexibility index (Phi) is 9.43. The fourth-order valence-electron chi connectivity index (χ4n) is 0. The lowest BCUT2D eigenvalue weighted by Gasteiger charge is -1.89. The summed E-state index contributed by atoms with van der Waals surface area (Å²) in [4.78, 5) is 0. The minimum Gasteiger partial charge on any atom is -0.327 e. The maximum absolute atomic E-state index is 5.21. The van der Waals surface area contributed by atoms with Gasteiger partial charge in [-0.1, -0.05) is 0 Å². The second-order valence-electron chi connectivity index (χ2n) is 1.13. The highest BCUT2D eigenvalue weighted by Crippen LogP contribution is 1.76. The lowest BCUT2D eigenvalue weighted by Crippen LogP contribution is -2.15. The van der Waals surface area contributed by atoms with Crippen molar-refractivity contribution in [1.82, 2.24) is 0 Å². The van der Waals surface area contributed by atoms with Crippen molar-refractivity contribution < 1.29 is 0 Å². The molecule has 0 amide bonds. The Balaban J connectivity index is 0. The molecule has 40 valence electrons. The maximum atomic E-state index is 5.21. The summed E-state index contributed by atoms with van der Waals surface area (Å²) >= 11 is 5.21. The van der Waals surface area contributed by atoms with Crippen LogP contribution in [0.15, 0.2) is 0 Å². The first kappa shape index (κ1) is 9.88. The first-order chi connectivity index (χ1) is 2.27. The van der Waals surface area contributed by atoms with E-state index in [0.29, 0.717) is 5.88 Å². The van der Waals surface area contributed by atoms with E-state index in [1.165, 1.54) is 0 Å². The van der Waals surface area contributed by atoms with E-state index in [4.69, 9.17) is 17.3 Å². The molecule has 0 aliphatic heterocycles. The van der Waals surface area contributed by atoms with E-state index in [1.54, 1.807) is 0 Å². The van der Waals surface area contributed by atoms with E-state index in [9.17, 15) is 0 Å². The third-order valence-electron chi connectivity index (χ3n) is 0.243. The average molecular weight is 174 g/mol. The maximum Gasteiger partial charge on any atom is 0.0372 e. The van der Waals surface area contributed by atoms with Crippen molar-refractivity contribution in [3.8, 4) is 0 Å². The molecule has 0 aromatic rings. The molecular formula is C3H9BrClN. The predicted octanol–water partition coefficient (Wildman–Crippen LogP) is 1.15. The number of hydrogen-bond donors (Lipinski definition) is 1. The molecule has 0 aliphatic rings. The molecule has 0 heterocycles. The van der Waals surface area contributed by atoms with E-state index < -0.39 is 0 Å². The minimum absolute atomic E-state index is 0. The zero-order valence-electron chi connectivity index (χ0n) is 3.65. The molecule has 0 saturated carbocycles. The van der Waals surface area contributed by atoms with Gasteiger partial charge in [-0.15, -0.1) is 28.6 Å². The Morgan fingerprint density at radius 1 is 1.83 bits per heavy atom. The molecule has 0 rings (SSSR count). The van der Waals surface area contributed by atoms with Crippen LogP contribution in [0.5, 0.6) is 0 Å². The van der Waals surface area contributed by atoms with Crippen molar-refractivity contribution in [2.45, 2.75) is 13.0 Å². The van der Waals surface area contributed by atoms with Crippen LogP contribution < -0.4 is 5.73 Å². The summed E-state index contributed by atoms with van der Waals surface area (Å²) in [7, 11) is 0. The smallest absolute Gasteiger partial charge is 0.0372 e. The molecule has 0 saturated heterocycles. The van der Waals surface area contributed by atoms with Crippen molar-refractivity contribution in [1.29, 1.82) is 0 Å². The highest BCUT2D eigenvalue weighted by molar-refractivity contribution is 8.93. The Labute approximate surface area is 53.6 Å². The number of rotatable bonds is 1. The molecule has 0 bridgehead atoms. The quantitative estimate of drug-likeness (QED) is 0.593. The van der Waals surface area contributed by atoms with Gasteiger partial charge in [0.2, 0.25) is 0 Å². The monoisotopic (exact) mass is 173 g/mol. The van der Waals surface area contributed by atoms with Crippen LogP contribution in [-0.4, -0.2) is 11.9 Å². The Morgan fingerprint density at radius 3 is 2.00 bits per heavy atom. The highest BCUT2D eigenvalue weighted by atomic mass is 79.9. The Bertz CT molecular complexity index is 24.8. The van der Waals surface area contributed by atoms with Gasteiger partial charge < -0.3 is 5.73 Å². The largest absolute Gasteiger partial charge is 0.327 e. The van der Waals surface area contributed by atoms with Crippen molar-refractivity contribution in [2.24, 2.45) is 5.73 Å². The van der Waals surface area contributed by atoms with Crippen LogP contribution in [0.25, 0.3) is 0 Å². The molecule has 0 spiro atoms. The van der Waals surface area contributed by atoms with Crippen molar-refractivity contribution >= 4 is 28.6 Å². The summed E-state index contributed by atoms with van der Waals surface area (Å²) in [6, 6.07) is 0.150. The molecule has 6 heavy (non-hydrogen) atoms. The molecule has 0 aliphatic carbocycles. The third kappa shape index (κ3) is 8.83. The van der Waals surface area contributed by atoms with Gasteiger partial charge in [0.25, 0.3) is 0 Å². The molecule has 1 nitrogen and oxygen atoms in total. The molecular weight excluding hydrogens is 165 g/mol. The second-order valence-corrected chi connectivity index (χ2v) is 1.44. The van der Waals surface area contributed by atoms with E-state index in [2.05, 4.69) is 0 Å². The van der Waals surface area contributed by atoms with Gasteiger partial charge in [0.1, 0.15) is 0 Å². The second kappa shape index (κ2) is 5.73. The zero-order valence-corrected chi connectivity index (χ0v) is 6.12. The fourth-order valence-corrected chi connectivity index (χ4v) is 0. The number of alkyl halides is 1. The molecule has 1 unspecified atom stereocenters. The van der Waals surface area contributed by atoms with Crippen LogP contribution in [-0.2, 0) is 0 Å². The Morgan fingerprint density at radius 2 is 2.00 bits per heavy atom. The SMILES string of the molecule is Br.CC(N)CCl. The predicted molar refractivity (Wildman–Crippen MR) is 34.7 cm³/mol. The van der Waals surface area contributed by atoms with Gasteiger partial charge in [0.05, 0.1) is 0 Å². The molecule has 0 fully saturated rings. The number of hydrogen-bond acceptors (Lipinski definition) is 1. The van der Waals surface area contributed by atoms with Crippen molar-refractivity contribution in [2.75, 3.05) is 5.88 Å². The van der Waals surface area contributed by atoms with E-state index in [1.807, 2.05) is 6.92 Å². The van der Waals surface area contributed by atoms with Crippen molar-refractivity contribution in [3.05, 3.63) is 0 Å². The van der Waals surface area contributed by atoms with Gasteiger partial charge in [-0.3, -0.25) is 0 Å². The number of halogens is 2. The van der Waals surface area contributed by atoms with Gasteiger partial charge in [0, 0.05) is 11.9 Å². The van der Waals surface area contributed by atoms with E-state index >= 15 is 0 Å². The Hall–Kier alpha value is 0.730. The summed E-state index contributed by atoms with van der Waals surface area (Å²) < 4.78 is 0. The summed E-state index contributed by atoms with van der Waals surface area (Å²) in [5, 5.41) is 0. The van der Waals surface area contributed by atoms with Gasteiger partial charge >= 0.3 is 0 Å². The number of nitrogens with two attached hydrogens (primary N) is 1. The molecule has 0 aromatic heterocycles. The third-order valence-corrected chi connectivity index (χ3v) is 0.730. The summed E-state index contributed by atoms with van der Waals surface area (Å²) in [5.74, 6) is 0.556. The van der Waals surface area contributed by atoms with Gasteiger partial charge in [-0.25, -0.2) is 0 Å². The zero-order chi connectivity index (χ0) is 4.28. The topological polar surface area (TPSA) is 26.0 Å². The molecule has 1 atom stereocenters. The molecule has 0 radical (unpaired) electrons.